The molecular weight excluding hydrogens is 562 g/mol. The van der Waals surface area contributed by atoms with Gasteiger partial charge in [-0.1, -0.05) is 0 Å². The molecule has 224 valence electrons. The lowest BCUT2D eigenvalue weighted by Crippen LogP contribution is -2.44. The number of nitrogens with one attached hydrogen (secondary N) is 1. The van der Waals surface area contributed by atoms with Crippen molar-refractivity contribution in [2.45, 2.75) is 39.3 Å². The first-order valence-corrected chi connectivity index (χ1v) is 13.1. The number of benzene rings is 1. The van der Waals surface area contributed by atoms with Gasteiger partial charge in [0.25, 0.3) is 5.91 Å². The number of alkyl halides is 3. The molecule has 5 rings (SSSR count). The van der Waals surface area contributed by atoms with E-state index in [1.807, 2.05) is 11.9 Å². The first-order chi connectivity index (χ1) is 19.7. The van der Waals surface area contributed by atoms with Crippen LogP contribution in [0.25, 0.3) is 5.82 Å². The van der Waals surface area contributed by atoms with Gasteiger partial charge in [-0.05, 0) is 46.0 Å². The highest BCUT2D eigenvalue weighted by atomic mass is 19.4. The molecular formula is C27H29F4N7O4. The summed E-state index contributed by atoms with van der Waals surface area (Å²) in [5, 5.41) is 2.72. The van der Waals surface area contributed by atoms with Crippen molar-refractivity contribution in [1.82, 2.24) is 24.3 Å². The fraction of sp³-hybridized carbons (Fsp3) is 0.407. The number of hydrogen-bond donors (Lipinski definition) is 1. The van der Waals surface area contributed by atoms with E-state index in [0.29, 0.717) is 24.3 Å². The van der Waals surface area contributed by atoms with Gasteiger partial charge in [-0.3, -0.25) is 4.79 Å². The zero-order chi connectivity index (χ0) is 30.4. The fourth-order valence-electron chi connectivity index (χ4n) is 4.60. The summed E-state index contributed by atoms with van der Waals surface area (Å²) in [6.07, 6.45) is -2.13. The number of likely N-dealkylation sites (N-methyl/N-ethyl adjacent to an activating group) is 1. The summed E-state index contributed by atoms with van der Waals surface area (Å²) in [6.45, 7) is 7.87. The van der Waals surface area contributed by atoms with Gasteiger partial charge in [0, 0.05) is 49.8 Å². The lowest BCUT2D eigenvalue weighted by Gasteiger charge is -2.34. The monoisotopic (exact) mass is 591 g/mol. The van der Waals surface area contributed by atoms with Gasteiger partial charge in [0.05, 0.1) is 24.0 Å². The number of carbonyl (C=O) groups excluding carboxylic acids is 2. The topological polar surface area (TPSA) is 105 Å². The van der Waals surface area contributed by atoms with E-state index in [0.717, 1.165) is 24.2 Å². The van der Waals surface area contributed by atoms with Crippen LogP contribution in [0.1, 0.15) is 36.7 Å². The molecule has 2 amide bonds. The highest BCUT2D eigenvalue weighted by Gasteiger charge is 2.37. The van der Waals surface area contributed by atoms with Crippen LogP contribution in [0.4, 0.5) is 39.7 Å². The van der Waals surface area contributed by atoms with Gasteiger partial charge in [-0.2, -0.15) is 4.98 Å². The number of piperazine rings is 1. The van der Waals surface area contributed by atoms with Gasteiger partial charge in [0.15, 0.2) is 17.4 Å². The minimum atomic E-state index is -4.95. The highest BCUT2D eigenvalue weighted by Crippen LogP contribution is 2.36. The number of anilines is 3. The third-order valence-electron chi connectivity index (χ3n) is 6.60. The minimum absolute atomic E-state index is 0.0699. The van der Waals surface area contributed by atoms with Crippen LogP contribution in [-0.4, -0.2) is 81.5 Å². The third-order valence-corrected chi connectivity index (χ3v) is 6.60. The molecule has 0 atom stereocenters. The lowest BCUT2D eigenvalue weighted by atomic mass is 10.2. The molecule has 0 radical (unpaired) electrons. The number of carbonyl (C=O) groups is 2. The van der Waals surface area contributed by atoms with Crippen LogP contribution in [0.3, 0.4) is 0 Å². The molecule has 0 unspecified atom stereocenters. The summed E-state index contributed by atoms with van der Waals surface area (Å²) in [5.41, 5.74) is 0.400. The summed E-state index contributed by atoms with van der Waals surface area (Å²) < 4.78 is 65.1. The predicted molar refractivity (Wildman–Crippen MR) is 144 cm³/mol. The molecule has 0 bridgehead atoms. The molecule has 0 aliphatic carbocycles. The molecule has 0 spiro atoms. The Kier molecular flexibility index (Phi) is 7.47. The Bertz CT molecular complexity index is 1510. The van der Waals surface area contributed by atoms with Crippen molar-refractivity contribution in [3.63, 3.8) is 0 Å². The van der Waals surface area contributed by atoms with Crippen LogP contribution >= 0.6 is 0 Å². The van der Waals surface area contributed by atoms with Crippen LogP contribution in [-0.2, 0) is 11.3 Å². The quantitative estimate of drug-likeness (QED) is 0.423. The van der Waals surface area contributed by atoms with E-state index in [1.165, 1.54) is 35.2 Å². The average Bonchev–Trinajstić information content (AvgIpc) is 3.44. The van der Waals surface area contributed by atoms with E-state index in [4.69, 9.17) is 4.74 Å². The van der Waals surface area contributed by atoms with E-state index in [2.05, 4.69) is 24.9 Å². The number of aromatic nitrogens is 3. The van der Waals surface area contributed by atoms with Crippen LogP contribution in [0.15, 0.2) is 36.8 Å². The summed E-state index contributed by atoms with van der Waals surface area (Å²) in [6, 6.07) is 4.23. The zero-order valence-corrected chi connectivity index (χ0v) is 23.3. The summed E-state index contributed by atoms with van der Waals surface area (Å²) >= 11 is 0. The maximum absolute atomic E-state index is 14.9. The Labute approximate surface area is 238 Å². The van der Waals surface area contributed by atoms with Crippen molar-refractivity contribution in [2.75, 3.05) is 43.4 Å². The second-order valence-corrected chi connectivity index (χ2v) is 11.0. The molecule has 15 heteroatoms. The molecule has 2 aromatic heterocycles. The van der Waals surface area contributed by atoms with Crippen LogP contribution in [0.2, 0.25) is 0 Å². The molecule has 2 aliphatic heterocycles. The second-order valence-electron chi connectivity index (χ2n) is 11.0. The number of fused-ring (bicyclic) bond motifs is 1. The molecule has 1 aromatic carbocycles. The fourth-order valence-corrected chi connectivity index (χ4v) is 4.60. The number of nitrogens with zero attached hydrogens (tertiary/aromatic N) is 6. The van der Waals surface area contributed by atoms with Crippen molar-refractivity contribution in [3.8, 4) is 11.6 Å². The van der Waals surface area contributed by atoms with Gasteiger partial charge >= 0.3 is 12.5 Å². The number of amides is 2. The summed E-state index contributed by atoms with van der Waals surface area (Å²) in [7, 11) is 1.99. The average molecular weight is 592 g/mol. The van der Waals surface area contributed by atoms with Crippen LogP contribution in [0.5, 0.6) is 5.75 Å². The molecule has 0 saturated carbocycles. The van der Waals surface area contributed by atoms with Crippen LogP contribution in [0, 0.1) is 5.82 Å². The number of halogens is 4. The molecule has 1 saturated heterocycles. The maximum atomic E-state index is 14.9. The number of ether oxygens (including phenoxy) is 2. The molecule has 1 N–H and O–H groups in total. The van der Waals surface area contributed by atoms with Crippen LogP contribution < -0.4 is 15.0 Å². The normalized spacial score (nSPS) is 16.0. The first-order valence-electron chi connectivity index (χ1n) is 13.1. The van der Waals surface area contributed by atoms with Crippen molar-refractivity contribution in [3.05, 3.63) is 53.7 Å². The van der Waals surface area contributed by atoms with Gasteiger partial charge in [0.2, 0.25) is 5.95 Å². The third kappa shape index (κ3) is 6.40. The van der Waals surface area contributed by atoms with E-state index in [9.17, 15) is 27.2 Å². The Morgan fingerprint density at radius 3 is 2.43 bits per heavy atom. The molecule has 2 aliphatic rings. The predicted octanol–water partition coefficient (Wildman–Crippen LogP) is 4.69. The van der Waals surface area contributed by atoms with Crippen molar-refractivity contribution in [2.24, 2.45) is 0 Å². The Balaban J connectivity index is 1.41. The maximum Gasteiger partial charge on any atom is 0.573 e. The van der Waals surface area contributed by atoms with Gasteiger partial charge in [-0.25, -0.2) is 19.1 Å². The zero-order valence-electron chi connectivity index (χ0n) is 23.3. The SMILES string of the molecule is CN1CCN(c2ccc(OC(F)(F)F)c(Nc3ncc(F)c(-n4cc5c(c4)C(=O)N(C(=O)OC(C)(C)C)C5)n3)c2)CC1. The minimum Gasteiger partial charge on any atom is -0.443 e. The van der Waals surface area contributed by atoms with Crippen molar-refractivity contribution < 1.29 is 36.6 Å². The number of rotatable bonds is 5. The van der Waals surface area contributed by atoms with Crippen molar-refractivity contribution in [1.29, 1.82) is 0 Å². The molecule has 42 heavy (non-hydrogen) atoms. The smallest absolute Gasteiger partial charge is 0.443 e. The first kappa shape index (κ1) is 29.1. The molecule has 1 fully saturated rings. The van der Waals surface area contributed by atoms with E-state index in [-0.39, 0.29) is 29.6 Å². The number of hydrogen-bond acceptors (Lipinski definition) is 9. The summed E-state index contributed by atoms with van der Waals surface area (Å²) in [4.78, 5) is 38.4. The van der Waals surface area contributed by atoms with E-state index >= 15 is 0 Å². The van der Waals surface area contributed by atoms with Gasteiger partial charge in [-0.15, -0.1) is 13.2 Å². The number of imide groups is 1. The summed E-state index contributed by atoms with van der Waals surface area (Å²) in [5.74, 6) is -2.43. The molecule has 4 heterocycles. The standard InChI is InChI=1S/C27H29F4N7O4/c1-26(2,3)42-25(40)38-14-16-13-37(15-18(16)23(38)39)22-19(28)12-32-24(34-22)33-20-11-17(36-9-7-35(4)8-10-36)5-6-21(20)41-27(29,30)31/h5-6,11-13,15H,7-10,14H2,1-4H3,(H,32,33,34). The largest absolute Gasteiger partial charge is 0.573 e. The Hall–Kier alpha value is -4.40. The van der Waals surface area contributed by atoms with Gasteiger partial charge < -0.3 is 29.2 Å². The second kappa shape index (κ2) is 10.8. The highest BCUT2D eigenvalue weighted by molar-refractivity contribution is 6.06. The van der Waals surface area contributed by atoms with Gasteiger partial charge in [0.1, 0.15) is 5.60 Å². The Morgan fingerprint density at radius 2 is 1.79 bits per heavy atom. The lowest BCUT2D eigenvalue weighted by molar-refractivity contribution is -0.274. The van der Waals surface area contributed by atoms with Crippen molar-refractivity contribution >= 4 is 29.3 Å². The van der Waals surface area contributed by atoms with E-state index in [1.54, 1.807) is 20.8 Å². The molecule has 3 aromatic rings. The van der Waals surface area contributed by atoms with E-state index < -0.39 is 35.5 Å². The molecule has 11 nitrogen and oxygen atoms in total. The Morgan fingerprint density at radius 1 is 1.07 bits per heavy atom.